The average molecular weight is 713 g/mol. The molecule has 3 aromatic rings. The molecule has 2 heterocycles. The first kappa shape index (κ1) is 38.9. The zero-order valence-electron chi connectivity index (χ0n) is 27.4. The van der Waals surface area contributed by atoms with Crippen LogP contribution in [0, 0.1) is 11.8 Å². The van der Waals surface area contributed by atoms with Crippen molar-refractivity contribution in [2.75, 3.05) is 63.9 Å². The van der Waals surface area contributed by atoms with Gasteiger partial charge in [-0.2, -0.15) is 26.7 Å². The van der Waals surface area contributed by atoms with E-state index in [1.165, 1.54) is 23.8 Å². The van der Waals surface area contributed by atoms with Crippen LogP contribution in [0.25, 0.3) is 10.9 Å². The highest BCUT2D eigenvalue weighted by Crippen LogP contribution is 2.32. The van der Waals surface area contributed by atoms with Crippen LogP contribution >= 0.6 is 13.5 Å². The number of hydrogen-bond acceptors (Lipinski definition) is 9. The zero-order valence-corrected chi connectivity index (χ0v) is 29.3. The Bertz CT molecular complexity index is 1710. The number of hydrogen-bond donors (Lipinski definition) is 2. The van der Waals surface area contributed by atoms with E-state index in [2.05, 4.69) is 27.4 Å². The van der Waals surface area contributed by atoms with Gasteiger partial charge in [0.2, 0.25) is 0 Å². The quantitative estimate of drug-likeness (QED) is 0.186. The summed E-state index contributed by atoms with van der Waals surface area (Å²) in [5.74, 6) is 5.81. The van der Waals surface area contributed by atoms with Gasteiger partial charge in [0.1, 0.15) is 18.4 Å². The van der Waals surface area contributed by atoms with Crippen molar-refractivity contribution >= 4 is 51.6 Å². The van der Waals surface area contributed by atoms with Gasteiger partial charge < -0.3 is 29.4 Å². The molecule has 4 rings (SSSR count). The van der Waals surface area contributed by atoms with Gasteiger partial charge in [-0.1, -0.05) is 18.9 Å². The van der Waals surface area contributed by atoms with E-state index in [1.807, 2.05) is 6.07 Å². The minimum Gasteiger partial charge on any atom is -0.495 e. The van der Waals surface area contributed by atoms with Crippen molar-refractivity contribution in [3.05, 3.63) is 48.2 Å². The second kappa shape index (κ2) is 17.2. The predicted molar refractivity (Wildman–Crippen MR) is 185 cm³/mol. The summed E-state index contributed by atoms with van der Waals surface area (Å²) in [5, 5.41) is 7.22. The van der Waals surface area contributed by atoms with Gasteiger partial charge in [-0.25, -0.2) is 8.42 Å². The number of nitrogens with zero attached hydrogens (tertiary/aromatic N) is 2. The van der Waals surface area contributed by atoms with Crippen molar-refractivity contribution in [2.45, 2.75) is 55.9 Å². The molecule has 15 heteroatoms. The van der Waals surface area contributed by atoms with Gasteiger partial charge >= 0.3 is 12.1 Å². The molecule has 0 unspecified atom stereocenters. The maximum absolute atomic E-state index is 13.7. The number of rotatable bonds is 13. The van der Waals surface area contributed by atoms with Gasteiger partial charge in [-0.15, -0.1) is 0 Å². The van der Waals surface area contributed by atoms with Crippen molar-refractivity contribution in [2.24, 2.45) is 0 Å². The van der Waals surface area contributed by atoms with E-state index in [-0.39, 0.29) is 48.7 Å². The highest BCUT2D eigenvalue weighted by atomic mass is 32.2. The summed E-state index contributed by atoms with van der Waals surface area (Å²) in [4.78, 5) is 14.1. The number of methoxy groups -OCH3 is 2. The molecular formula is C33H43F3N4O6S2. The first-order valence-corrected chi connectivity index (χ1v) is 17.2. The topological polar surface area (TPSA) is 111 Å². The molecule has 0 bridgehead atoms. The Labute approximate surface area is 286 Å². The molecule has 1 aromatic heterocycles. The summed E-state index contributed by atoms with van der Waals surface area (Å²) in [6.07, 6.45) is -1.82. The van der Waals surface area contributed by atoms with Crippen molar-refractivity contribution in [1.29, 1.82) is 0 Å². The number of alkyl halides is 3. The molecule has 1 fully saturated rings. The lowest BCUT2D eigenvalue weighted by Gasteiger charge is -2.34. The lowest BCUT2D eigenvalue weighted by molar-refractivity contribution is -0.152. The van der Waals surface area contributed by atoms with Crippen LogP contribution in [0.4, 0.5) is 24.5 Å². The Morgan fingerprint density at radius 1 is 1.10 bits per heavy atom. The van der Waals surface area contributed by atoms with E-state index < -0.39 is 22.6 Å². The van der Waals surface area contributed by atoms with E-state index in [9.17, 15) is 26.4 Å². The average Bonchev–Trinajstić information content (AvgIpc) is 3.36. The van der Waals surface area contributed by atoms with Crippen LogP contribution < -0.4 is 15.4 Å². The first-order chi connectivity index (χ1) is 22.3. The van der Waals surface area contributed by atoms with E-state index in [4.69, 9.17) is 14.2 Å². The third kappa shape index (κ3) is 10.7. The zero-order chi connectivity index (χ0) is 34.2. The number of piperidine rings is 1. The van der Waals surface area contributed by atoms with Gasteiger partial charge in [-0.3, -0.25) is 9.69 Å². The van der Waals surface area contributed by atoms with Crippen LogP contribution in [0.5, 0.6) is 5.75 Å². The molecular weight excluding hydrogens is 670 g/mol. The number of carbonyl (C=O) groups excluding carboxylic acids is 1. The van der Waals surface area contributed by atoms with Crippen molar-refractivity contribution in [3.63, 3.8) is 0 Å². The number of carbonyl (C=O) groups is 1. The van der Waals surface area contributed by atoms with Gasteiger partial charge in [0.05, 0.1) is 42.1 Å². The van der Waals surface area contributed by atoms with Gasteiger partial charge in [0.15, 0.2) is 9.84 Å². The Hall–Kier alpha value is -3.58. The van der Waals surface area contributed by atoms with Crippen molar-refractivity contribution < 1.29 is 40.6 Å². The molecule has 0 amide bonds. The molecule has 2 aromatic carbocycles. The van der Waals surface area contributed by atoms with E-state index in [0.29, 0.717) is 41.9 Å². The maximum atomic E-state index is 13.7. The highest BCUT2D eigenvalue weighted by Gasteiger charge is 2.30. The number of esters is 1. The number of nitrogens with one attached hydrogen (secondary N) is 2. The van der Waals surface area contributed by atoms with Gasteiger partial charge in [-0.05, 0) is 49.1 Å². The Balaban J connectivity index is 0.00000625. The fourth-order valence-corrected chi connectivity index (χ4v) is 6.17. The molecule has 1 saturated heterocycles. The molecule has 0 spiro atoms. The fraction of sp³-hybridized carbons (Fsp3) is 0.485. The summed E-state index contributed by atoms with van der Waals surface area (Å²) in [6.45, 7) is 3.04. The number of aromatic nitrogens is 1. The highest BCUT2D eigenvalue weighted by molar-refractivity contribution is 7.90. The Kier molecular flexibility index (Phi) is 13.9. The number of ether oxygens (including phenoxy) is 3. The first-order valence-electron chi connectivity index (χ1n) is 15.3. The molecule has 1 atom stereocenters. The van der Waals surface area contributed by atoms with E-state index in [0.717, 1.165) is 37.9 Å². The Morgan fingerprint density at radius 2 is 1.83 bits per heavy atom. The van der Waals surface area contributed by atoms with E-state index >= 15 is 0 Å². The number of likely N-dealkylation sites (tertiary alicyclic amines) is 1. The van der Waals surface area contributed by atoms with Crippen LogP contribution in [0.1, 0.15) is 31.9 Å². The third-order valence-electron chi connectivity index (χ3n) is 7.82. The van der Waals surface area contributed by atoms with Crippen molar-refractivity contribution in [1.82, 2.24) is 9.47 Å². The summed E-state index contributed by atoms with van der Waals surface area (Å²) < 4.78 is 82.0. The van der Waals surface area contributed by atoms with Crippen LogP contribution in [0.15, 0.2) is 47.4 Å². The minimum atomic E-state index is -4.46. The van der Waals surface area contributed by atoms with Crippen LogP contribution in [-0.2, 0) is 30.7 Å². The normalized spacial score (nSPS) is 14.8. The monoisotopic (exact) mass is 712 g/mol. The third-order valence-corrected chi connectivity index (χ3v) is 8.93. The van der Waals surface area contributed by atoms with Crippen molar-refractivity contribution in [3.8, 4) is 17.6 Å². The molecule has 48 heavy (non-hydrogen) atoms. The molecule has 10 nitrogen and oxygen atoms in total. The van der Waals surface area contributed by atoms with Crippen LogP contribution in [-0.4, -0.2) is 95.4 Å². The predicted octanol–water partition coefficient (Wildman–Crippen LogP) is 5.04. The van der Waals surface area contributed by atoms with Gasteiger partial charge in [0, 0.05) is 62.6 Å². The van der Waals surface area contributed by atoms with E-state index in [1.54, 1.807) is 38.3 Å². The minimum absolute atomic E-state index is 0. The summed E-state index contributed by atoms with van der Waals surface area (Å²) in [6, 6.07) is 11.4. The summed E-state index contributed by atoms with van der Waals surface area (Å²) in [7, 11) is -0.449. The molecule has 264 valence electrons. The molecule has 1 aliphatic rings. The second-order valence-electron chi connectivity index (χ2n) is 11.4. The number of anilines is 2. The standard InChI is InChI=1S/C33H41F3N4O6S.H2S/c1-5-32(41)46-25(21-44-2)20-39-16-13-23(14-17-39)38-28-9-6-10-30-27(28)18-24(40(30)22-33(34,35)36)8-7-15-37-29-12-11-26(47(4,42)43)19-31(29)45-3;/h6,9-12,18-19,23,25,37-38H,5,13-17,20-22H2,1-4H3;1H2/t25-;/m0./s1. The lowest BCUT2D eigenvalue weighted by atomic mass is 10.0. The number of fused-ring (bicyclic) bond motifs is 1. The maximum Gasteiger partial charge on any atom is 0.406 e. The second-order valence-corrected chi connectivity index (χ2v) is 13.4. The molecule has 0 radical (unpaired) electrons. The largest absolute Gasteiger partial charge is 0.495 e. The Morgan fingerprint density at radius 3 is 2.46 bits per heavy atom. The SMILES string of the molecule is CCC(=O)O[C@H](COC)CN1CCC(Nc2cccc3c2cc(C#CCNc2ccc(S(C)(=O)=O)cc2OC)n3CC(F)(F)F)CC1.S. The molecule has 2 N–H and O–H groups in total. The number of halogens is 3. The smallest absolute Gasteiger partial charge is 0.406 e. The van der Waals surface area contributed by atoms with Gasteiger partial charge in [0.25, 0.3) is 0 Å². The molecule has 0 saturated carbocycles. The molecule has 1 aliphatic heterocycles. The lowest BCUT2D eigenvalue weighted by Crippen LogP contribution is -2.44. The fourth-order valence-electron chi connectivity index (χ4n) is 5.53. The molecule has 0 aliphatic carbocycles. The summed E-state index contributed by atoms with van der Waals surface area (Å²) >= 11 is 0. The number of sulfone groups is 1. The van der Waals surface area contributed by atoms with Crippen LogP contribution in [0.3, 0.4) is 0 Å². The van der Waals surface area contributed by atoms with Crippen LogP contribution in [0.2, 0.25) is 0 Å². The number of benzene rings is 2. The summed E-state index contributed by atoms with van der Waals surface area (Å²) in [5.41, 5.74) is 1.86.